The van der Waals surface area contributed by atoms with E-state index < -0.39 is 0 Å². The van der Waals surface area contributed by atoms with Crippen LogP contribution in [0.3, 0.4) is 0 Å². The van der Waals surface area contributed by atoms with Crippen LogP contribution >= 0.6 is 0 Å². The minimum absolute atomic E-state index is 0.318. The molecule has 0 aliphatic rings. The predicted octanol–water partition coefficient (Wildman–Crippen LogP) is 1.96. The van der Waals surface area contributed by atoms with Gasteiger partial charge < -0.3 is 4.74 Å². The Bertz CT molecular complexity index is 498. The van der Waals surface area contributed by atoms with Gasteiger partial charge in [-0.15, -0.1) is 0 Å². The van der Waals surface area contributed by atoms with Crippen LogP contribution in [0, 0.1) is 0 Å². The van der Waals surface area contributed by atoms with Gasteiger partial charge >= 0.3 is 0 Å². The lowest BCUT2D eigenvalue weighted by atomic mass is 10.2. The monoisotopic (exact) mass is 214 g/mol. The first-order valence-electron chi connectivity index (χ1n) is 4.77. The molecule has 2 aromatic heterocycles. The Balaban J connectivity index is 2.48. The van der Waals surface area contributed by atoms with Crippen LogP contribution in [0.1, 0.15) is 10.4 Å². The van der Waals surface area contributed by atoms with Crippen LogP contribution in [0.15, 0.2) is 36.5 Å². The van der Waals surface area contributed by atoms with Gasteiger partial charge in [-0.3, -0.25) is 9.78 Å². The summed E-state index contributed by atoms with van der Waals surface area (Å²) in [6.45, 7) is 0. The molecule has 0 N–H and O–H groups in total. The third-order valence-electron chi connectivity index (χ3n) is 2.14. The lowest BCUT2D eigenvalue weighted by Crippen LogP contribution is -1.96. The van der Waals surface area contributed by atoms with Gasteiger partial charge in [0.25, 0.3) is 0 Å². The quantitative estimate of drug-likeness (QED) is 0.733. The number of hydrogen-bond acceptors (Lipinski definition) is 4. The van der Waals surface area contributed by atoms with Crippen molar-refractivity contribution < 1.29 is 9.53 Å². The van der Waals surface area contributed by atoms with Gasteiger partial charge in [-0.05, 0) is 24.3 Å². The molecule has 0 aliphatic heterocycles. The molecule has 0 bridgehead atoms. The van der Waals surface area contributed by atoms with Crippen LogP contribution in [0.2, 0.25) is 0 Å². The minimum Gasteiger partial charge on any atom is -0.480 e. The summed E-state index contributed by atoms with van der Waals surface area (Å²) in [5, 5.41) is 0. The first-order valence-corrected chi connectivity index (χ1v) is 4.77. The first-order chi connectivity index (χ1) is 7.85. The number of nitrogens with zero attached hydrogens (tertiary/aromatic N) is 2. The van der Waals surface area contributed by atoms with Crippen molar-refractivity contribution in [3.8, 4) is 17.3 Å². The van der Waals surface area contributed by atoms with E-state index in [1.807, 2.05) is 18.2 Å². The maximum atomic E-state index is 10.7. The molecule has 2 heterocycles. The highest BCUT2D eigenvalue weighted by atomic mass is 16.5. The Morgan fingerprint density at radius 3 is 2.69 bits per heavy atom. The number of carbonyl (C=O) groups excluding carboxylic acids is 1. The average Bonchev–Trinajstić information content (AvgIpc) is 2.39. The Hall–Kier alpha value is -2.23. The molecule has 0 radical (unpaired) electrons. The van der Waals surface area contributed by atoms with Crippen LogP contribution in [-0.2, 0) is 0 Å². The summed E-state index contributed by atoms with van der Waals surface area (Å²) in [7, 11) is 1.48. The highest BCUT2D eigenvalue weighted by molar-refractivity contribution is 5.79. The molecule has 0 saturated carbocycles. The second-order valence-electron chi connectivity index (χ2n) is 3.13. The molecule has 0 atom stereocenters. The van der Waals surface area contributed by atoms with E-state index in [-0.39, 0.29) is 0 Å². The molecule has 0 amide bonds. The summed E-state index contributed by atoms with van der Waals surface area (Å²) in [6, 6.07) is 8.98. The molecule has 4 heteroatoms. The zero-order valence-electron chi connectivity index (χ0n) is 8.75. The molecule has 0 unspecified atom stereocenters. The zero-order chi connectivity index (χ0) is 11.4. The van der Waals surface area contributed by atoms with Crippen LogP contribution in [0.25, 0.3) is 11.4 Å². The minimum atomic E-state index is 0.318. The normalized spacial score (nSPS) is 9.81. The highest BCUT2D eigenvalue weighted by Crippen LogP contribution is 2.20. The summed E-state index contributed by atoms with van der Waals surface area (Å²) in [6.07, 6.45) is 2.41. The molecule has 80 valence electrons. The highest BCUT2D eigenvalue weighted by Gasteiger charge is 2.07. The predicted molar refractivity (Wildman–Crippen MR) is 59.4 cm³/mol. The fourth-order valence-electron chi connectivity index (χ4n) is 1.36. The molecule has 4 nitrogen and oxygen atoms in total. The van der Waals surface area contributed by atoms with Gasteiger partial charge in [-0.2, -0.15) is 0 Å². The van der Waals surface area contributed by atoms with E-state index in [1.165, 1.54) is 7.11 Å². The van der Waals surface area contributed by atoms with Gasteiger partial charge in [-0.25, -0.2) is 4.98 Å². The Labute approximate surface area is 92.9 Å². The smallest absolute Gasteiger partial charge is 0.224 e. The van der Waals surface area contributed by atoms with E-state index >= 15 is 0 Å². The maximum Gasteiger partial charge on any atom is 0.224 e. The number of ether oxygens (including phenoxy) is 1. The number of hydrogen-bond donors (Lipinski definition) is 0. The summed E-state index contributed by atoms with van der Waals surface area (Å²) >= 11 is 0. The lowest BCUT2D eigenvalue weighted by molar-refractivity contribution is 0.112. The van der Waals surface area contributed by atoms with Crippen LogP contribution in [0.4, 0.5) is 0 Å². The second kappa shape index (κ2) is 4.53. The summed E-state index contributed by atoms with van der Waals surface area (Å²) < 4.78 is 5.03. The van der Waals surface area contributed by atoms with Gasteiger partial charge in [0.15, 0.2) is 6.29 Å². The summed E-state index contributed by atoms with van der Waals surface area (Å²) in [4.78, 5) is 19.1. The van der Waals surface area contributed by atoms with Gasteiger partial charge in [0.05, 0.1) is 24.1 Å². The average molecular weight is 214 g/mol. The van der Waals surface area contributed by atoms with Crippen LogP contribution < -0.4 is 4.74 Å². The second-order valence-corrected chi connectivity index (χ2v) is 3.13. The molecule has 2 aromatic rings. The number of aromatic nitrogens is 2. The van der Waals surface area contributed by atoms with E-state index in [4.69, 9.17) is 4.74 Å². The van der Waals surface area contributed by atoms with E-state index in [9.17, 15) is 4.79 Å². The van der Waals surface area contributed by atoms with Crippen molar-refractivity contribution in [3.63, 3.8) is 0 Å². The molecule has 0 fully saturated rings. The number of rotatable bonds is 3. The van der Waals surface area contributed by atoms with Crippen molar-refractivity contribution in [2.24, 2.45) is 0 Å². The zero-order valence-corrected chi connectivity index (χ0v) is 8.75. The van der Waals surface area contributed by atoms with Gasteiger partial charge in [0.2, 0.25) is 5.88 Å². The molecule has 0 saturated heterocycles. The van der Waals surface area contributed by atoms with Crippen LogP contribution in [0.5, 0.6) is 5.88 Å². The lowest BCUT2D eigenvalue weighted by Gasteiger charge is -2.04. The molecular formula is C12H10N2O2. The Morgan fingerprint density at radius 2 is 2.06 bits per heavy atom. The number of carbonyl (C=O) groups is 1. The van der Waals surface area contributed by atoms with Crippen molar-refractivity contribution >= 4 is 6.29 Å². The molecule has 0 aliphatic carbocycles. The number of methoxy groups -OCH3 is 1. The molecular weight excluding hydrogens is 204 g/mol. The van der Waals surface area contributed by atoms with Crippen molar-refractivity contribution in [3.05, 3.63) is 42.1 Å². The molecule has 0 spiro atoms. The van der Waals surface area contributed by atoms with Gasteiger partial charge in [0, 0.05) is 6.20 Å². The van der Waals surface area contributed by atoms with E-state index in [0.29, 0.717) is 23.4 Å². The molecule has 16 heavy (non-hydrogen) atoms. The van der Waals surface area contributed by atoms with Gasteiger partial charge in [0.1, 0.15) is 0 Å². The molecule has 2 rings (SSSR count). The fourth-order valence-corrected chi connectivity index (χ4v) is 1.36. The van der Waals surface area contributed by atoms with E-state index in [0.717, 1.165) is 5.69 Å². The van der Waals surface area contributed by atoms with Crippen molar-refractivity contribution in [1.82, 2.24) is 9.97 Å². The van der Waals surface area contributed by atoms with Crippen molar-refractivity contribution in [2.75, 3.05) is 7.11 Å². The largest absolute Gasteiger partial charge is 0.480 e. The number of aldehydes is 1. The van der Waals surface area contributed by atoms with Crippen LogP contribution in [-0.4, -0.2) is 23.4 Å². The van der Waals surface area contributed by atoms with Crippen molar-refractivity contribution in [1.29, 1.82) is 0 Å². The van der Waals surface area contributed by atoms with E-state index in [2.05, 4.69) is 9.97 Å². The van der Waals surface area contributed by atoms with E-state index in [1.54, 1.807) is 18.3 Å². The molecule has 0 aromatic carbocycles. The standard InChI is InChI=1S/C12H10N2O2/c1-16-12-9(8-15)5-6-11(14-12)10-4-2-3-7-13-10/h2-8H,1H3. The summed E-state index contributed by atoms with van der Waals surface area (Å²) in [5.74, 6) is 0.318. The maximum absolute atomic E-state index is 10.7. The van der Waals surface area contributed by atoms with Crippen molar-refractivity contribution in [2.45, 2.75) is 0 Å². The topological polar surface area (TPSA) is 52.1 Å². The fraction of sp³-hybridized carbons (Fsp3) is 0.0833. The Kier molecular flexibility index (Phi) is 2.91. The third kappa shape index (κ3) is 1.91. The SMILES string of the molecule is COc1nc(-c2ccccn2)ccc1C=O. The third-order valence-corrected chi connectivity index (χ3v) is 2.14. The van der Waals surface area contributed by atoms with Gasteiger partial charge in [-0.1, -0.05) is 6.07 Å². The summed E-state index contributed by atoms with van der Waals surface area (Å²) in [5.41, 5.74) is 1.86. The number of pyridine rings is 2. The Morgan fingerprint density at radius 1 is 1.19 bits per heavy atom. The first kappa shape index (κ1) is 10.3.